The molecule has 30 heavy (non-hydrogen) atoms. The molecule has 2 aromatic carbocycles. The van der Waals surface area contributed by atoms with E-state index in [1.165, 1.54) is 0 Å². The van der Waals surface area contributed by atoms with Gasteiger partial charge >= 0.3 is 0 Å². The average Bonchev–Trinajstić information content (AvgIpc) is 3.38. The van der Waals surface area contributed by atoms with Gasteiger partial charge in [0.2, 0.25) is 5.91 Å². The Morgan fingerprint density at radius 2 is 1.83 bits per heavy atom. The molecule has 5 rings (SSSR count). The van der Waals surface area contributed by atoms with Crippen LogP contribution in [0.15, 0.2) is 60.9 Å². The molecule has 0 aromatic heterocycles. The first-order chi connectivity index (χ1) is 14.6. The van der Waals surface area contributed by atoms with E-state index in [2.05, 4.69) is 5.43 Å². The smallest absolute Gasteiger partial charge is 0.251 e. The van der Waals surface area contributed by atoms with Crippen molar-refractivity contribution in [1.29, 1.82) is 0 Å². The monoisotopic (exact) mass is 422 g/mol. The summed E-state index contributed by atoms with van der Waals surface area (Å²) in [6.07, 6.45) is 5.93. The summed E-state index contributed by atoms with van der Waals surface area (Å²) in [6, 6.07) is 15.4. The van der Waals surface area contributed by atoms with Gasteiger partial charge in [0.15, 0.2) is 0 Å². The largest absolute Gasteiger partial charge is 0.312 e. The molecule has 0 radical (unpaired) electrons. The summed E-state index contributed by atoms with van der Waals surface area (Å²) in [5.41, 5.74) is 6.35. The SMILES string of the molecule is O=C1C2CC(c3ccccc3Cl)NN2C=CN1Cc1ccc(N2CCCC2=O)cc1. The predicted octanol–water partition coefficient (Wildman–Crippen LogP) is 3.60. The van der Waals surface area contributed by atoms with Crippen LogP contribution in [0.1, 0.15) is 36.4 Å². The molecule has 0 aliphatic carbocycles. The van der Waals surface area contributed by atoms with Gasteiger partial charge in [0.1, 0.15) is 6.04 Å². The van der Waals surface area contributed by atoms with E-state index in [0.29, 0.717) is 24.4 Å². The summed E-state index contributed by atoms with van der Waals surface area (Å²) in [5, 5.41) is 2.59. The Morgan fingerprint density at radius 1 is 1.03 bits per heavy atom. The third-order valence-corrected chi connectivity index (χ3v) is 6.37. The van der Waals surface area contributed by atoms with Gasteiger partial charge in [-0.2, -0.15) is 0 Å². The summed E-state index contributed by atoms with van der Waals surface area (Å²) in [6.45, 7) is 1.29. The van der Waals surface area contributed by atoms with E-state index in [9.17, 15) is 9.59 Å². The summed E-state index contributed by atoms with van der Waals surface area (Å²) in [4.78, 5) is 28.6. The molecule has 2 fully saturated rings. The third kappa shape index (κ3) is 3.46. The molecule has 0 spiro atoms. The molecular formula is C23H23ClN4O2. The number of rotatable bonds is 4. The normalized spacial score (nSPS) is 23.4. The molecule has 1 N–H and O–H groups in total. The molecular weight excluding hydrogens is 400 g/mol. The zero-order valence-electron chi connectivity index (χ0n) is 16.5. The minimum absolute atomic E-state index is 0.00883. The molecule has 0 saturated carbocycles. The number of nitrogens with one attached hydrogen (secondary N) is 1. The Kier molecular flexibility index (Phi) is 4.97. The molecule has 2 unspecified atom stereocenters. The van der Waals surface area contributed by atoms with Crippen LogP contribution in [-0.2, 0) is 16.1 Å². The van der Waals surface area contributed by atoms with E-state index < -0.39 is 0 Å². The van der Waals surface area contributed by atoms with E-state index in [1.807, 2.05) is 70.8 Å². The number of hydrazine groups is 1. The number of carbonyl (C=O) groups excluding carboxylic acids is 2. The van der Waals surface area contributed by atoms with Crippen molar-refractivity contribution >= 4 is 29.1 Å². The second-order valence-corrected chi connectivity index (χ2v) is 8.35. The number of fused-ring (bicyclic) bond motifs is 1. The highest BCUT2D eigenvalue weighted by Crippen LogP contribution is 2.34. The molecule has 0 bridgehead atoms. The lowest BCUT2D eigenvalue weighted by Gasteiger charge is -2.32. The molecule has 2 amide bonds. The maximum atomic E-state index is 13.1. The topological polar surface area (TPSA) is 55.9 Å². The van der Waals surface area contributed by atoms with Gasteiger partial charge in [-0.1, -0.05) is 41.9 Å². The number of amides is 2. The zero-order valence-corrected chi connectivity index (χ0v) is 17.3. The number of hydrogen-bond acceptors (Lipinski definition) is 4. The van der Waals surface area contributed by atoms with Crippen molar-refractivity contribution in [3.05, 3.63) is 77.1 Å². The second kappa shape index (κ2) is 7.78. The zero-order chi connectivity index (χ0) is 20.7. The minimum Gasteiger partial charge on any atom is -0.312 e. The van der Waals surface area contributed by atoms with Crippen LogP contribution in [0.25, 0.3) is 0 Å². The van der Waals surface area contributed by atoms with Gasteiger partial charge in [-0.3, -0.25) is 9.59 Å². The molecule has 2 saturated heterocycles. The fourth-order valence-electron chi connectivity index (χ4n) is 4.43. The van der Waals surface area contributed by atoms with Gasteiger partial charge in [-0.05, 0) is 42.2 Å². The lowest BCUT2D eigenvalue weighted by atomic mass is 10.0. The van der Waals surface area contributed by atoms with Gasteiger partial charge in [0, 0.05) is 36.1 Å². The quantitative estimate of drug-likeness (QED) is 0.817. The number of nitrogens with zero attached hydrogens (tertiary/aromatic N) is 3. The van der Waals surface area contributed by atoms with E-state index in [1.54, 1.807) is 4.90 Å². The van der Waals surface area contributed by atoms with Gasteiger partial charge < -0.3 is 14.8 Å². The maximum absolute atomic E-state index is 13.1. The molecule has 2 aromatic rings. The van der Waals surface area contributed by atoms with Crippen LogP contribution in [0.5, 0.6) is 0 Å². The van der Waals surface area contributed by atoms with Gasteiger partial charge in [-0.15, -0.1) is 0 Å². The molecule has 3 aliphatic rings. The Balaban J connectivity index is 1.27. The van der Waals surface area contributed by atoms with Crippen LogP contribution in [0, 0.1) is 0 Å². The number of halogens is 1. The number of anilines is 1. The Morgan fingerprint density at radius 3 is 2.57 bits per heavy atom. The van der Waals surface area contributed by atoms with Gasteiger partial charge in [0.05, 0.1) is 12.6 Å². The fourth-order valence-corrected chi connectivity index (χ4v) is 4.69. The van der Waals surface area contributed by atoms with Crippen LogP contribution in [0.4, 0.5) is 5.69 Å². The fraction of sp³-hybridized carbons (Fsp3) is 0.304. The summed E-state index contributed by atoms with van der Waals surface area (Å²) >= 11 is 6.35. The average molecular weight is 423 g/mol. The molecule has 3 aliphatic heterocycles. The van der Waals surface area contributed by atoms with Crippen LogP contribution in [0.3, 0.4) is 0 Å². The van der Waals surface area contributed by atoms with Crippen molar-refractivity contribution in [2.45, 2.75) is 37.9 Å². The van der Waals surface area contributed by atoms with E-state index in [-0.39, 0.29) is 23.9 Å². The van der Waals surface area contributed by atoms with Crippen molar-refractivity contribution in [3.8, 4) is 0 Å². The van der Waals surface area contributed by atoms with Gasteiger partial charge in [0.25, 0.3) is 5.91 Å². The van der Waals surface area contributed by atoms with Crippen LogP contribution in [0.2, 0.25) is 5.02 Å². The van der Waals surface area contributed by atoms with E-state index in [0.717, 1.165) is 29.8 Å². The maximum Gasteiger partial charge on any atom is 0.251 e. The Bertz CT molecular complexity index is 1010. The summed E-state index contributed by atoms with van der Waals surface area (Å²) in [7, 11) is 0. The second-order valence-electron chi connectivity index (χ2n) is 7.94. The first kappa shape index (κ1) is 19.2. The van der Waals surface area contributed by atoms with E-state index >= 15 is 0 Å². The van der Waals surface area contributed by atoms with Crippen LogP contribution < -0.4 is 10.3 Å². The van der Waals surface area contributed by atoms with Crippen molar-refractivity contribution in [3.63, 3.8) is 0 Å². The Labute approximate surface area is 180 Å². The highest BCUT2D eigenvalue weighted by molar-refractivity contribution is 6.31. The number of hydrogen-bond donors (Lipinski definition) is 1. The third-order valence-electron chi connectivity index (χ3n) is 6.03. The van der Waals surface area contributed by atoms with Crippen LogP contribution in [-0.4, -0.2) is 34.3 Å². The number of benzene rings is 2. The first-order valence-electron chi connectivity index (χ1n) is 10.3. The van der Waals surface area contributed by atoms with Crippen molar-refractivity contribution < 1.29 is 9.59 Å². The summed E-state index contributed by atoms with van der Waals surface area (Å²) in [5.74, 6) is 0.247. The minimum atomic E-state index is -0.252. The van der Waals surface area contributed by atoms with E-state index in [4.69, 9.17) is 11.6 Å². The van der Waals surface area contributed by atoms with Crippen molar-refractivity contribution in [2.75, 3.05) is 11.4 Å². The molecule has 6 nitrogen and oxygen atoms in total. The highest BCUT2D eigenvalue weighted by atomic mass is 35.5. The lowest BCUT2D eigenvalue weighted by Crippen LogP contribution is -2.47. The molecule has 154 valence electrons. The van der Waals surface area contributed by atoms with Crippen LogP contribution >= 0.6 is 11.6 Å². The standard InChI is InChI=1S/C23H23ClN4O2/c24-19-5-2-1-4-18(19)20-14-21-23(30)26(12-13-28(21)25-20)15-16-7-9-17(10-8-16)27-11-3-6-22(27)29/h1-2,4-5,7-10,12-13,20-21,25H,3,6,11,14-15H2. The first-order valence-corrected chi connectivity index (χ1v) is 10.6. The van der Waals surface area contributed by atoms with Gasteiger partial charge in [-0.25, -0.2) is 5.43 Å². The molecule has 3 heterocycles. The Hall–Kier alpha value is -2.83. The lowest BCUT2D eigenvalue weighted by molar-refractivity contribution is -0.135. The predicted molar refractivity (Wildman–Crippen MR) is 115 cm³/mol. The van der Waals surface area contributed by atoms with Crippen molar-refractivity contribution in [1.82, 2.24) is 15.3 Å². The highest BCUT2D eigenvalue weighted by Gasteiger charge is 2.40. The summed E-state index contributed by atoms with van der Waals surface area (Å²) < 4.78 is 0. The number of carbonyl (C=O) groups is 2. The molecule has 2 atom stereocenters. The van der Waals surface area contributed by atoms with Crippen molar-refractivity contribution in [2.24, 2.45) is 0 Å². The molecule has 7 heteroatoms.